The molecule has 0 aliphatic carbocycles. The van der Waals surface area contributed by atoms with Gasteiger partial charge >= 0.3 is 0 Å². The van der Waals surface area contributed by atoms with Gasteiger partial charge in [-0.1, -0.05) is 12.1 Å². The van der Waals surface area contributed by atoms with Crippen molar-refractivity contribution < 1.29 is 19.1 Å². The van der Waals surface area contributed by atoms with Crippen molar-refractivity contribution >= 4 is 17.5 Å². The van der Waals surface area contributed by atoms with Gasteiger partial charge in [0.2, 0.25) is 5.91 Å². The van der Waals surface area contributed by atoms with Gasteiger partial charge in [0.1, 0.15) is 6.61 Å². The quantitative estimate of drug-likeness (QED) is 0.675. The molecule has 0 saturated heterocycles. The molecule has 2 N–H and O–H groups in total. The second kappa shape index (κ2) is 9.90. The first kappa shape index (κ1) is 17.1. The second-order valence-corrected chi connectivity index (χ2v) is 4.33. The summed E-state index contributed by atoms with van der Waals surface area (Å²) in [5.41, 5.74) is 0.903. The van der Waals surface area contributed by atoms with Crippen LogP contribution in [0.25, 0.3) is 0 Å². The van der Waals surface area contributed by atoms with Gasteiger partial charge in [-0.05, 0) is 25.5 Å². The number of hydrogen-bond donors (Lipinski definition) is 2. The number of methoxy groups -OCH3 is 1. The fraction of sp³-hybridized carbons (Fsp3) is 0.467. The van der Waals surface area contributed by atoms with E-state index in [0.29, 0.717) is 31.0 Å². The van der Waals surface area contributed by atoms with Crippen LogP contribution in [0.1, 0.15) is 23.7 Å². The molecule has 6 nitrogen and oxygen atoms in total. The molecule has 0 bridgehead atoms. The van der Waals surface area contributed by atoms with E-state index in [1.54, 1.807) is 24.3 Å². The molecule has 0 spiro atoms. The lowest BCUT2D eigenvalue weighted by Crippen LogP contribution is -2.27. The van der Waals surface area contributed by atoms with Crippen molar-refractivity contribution in [3.8, 4) is 0 Å². The molecule has 21 heavy (non-hydrogen) atoms. The van der Waals surface area contributed by atoms with Gasteiger partial charge in [0.25, 0.3) is 5.91 Å². The molecule has 0 aliphatic rings. The van der Waals surface area contributed by atoms with Crippen LogP contribution < -0.4 is 10.6 Å². The molecule has 0 unspecified atom stereocenters. The first-order chi connectivity index (χ1) is 10.2. The molecule has 0 radical (unpaired) electrons. The molecule has 2 amide bonds. The van der Waals surface area contributed by atoms with E-state index >= 15 is 0 Å². The minimum Gasteiger partial charge on any atom is -0.382 e. The van der Waals surface area contributed by atoms with Gasteiger partial charge in [-0.3, -0.25) is 9.59 Å². The van der Waals surface area contributed by atoms with Crippen LogP contribution in [0, 0.1) is 0 Å². The Morgan fingerprint density at radius 3 is 2.71 bits per heavy atom. The third-order valence-electron chi connectivity index (χ3n) is 2.68. The van der Waals surface area contributed by atoms with Gasteiger partial charge in [0.05, 0.1) is 11.3 Å². The maximum absolute atomic E-state index is 12.1. The zero-order valence-electron chi connectivity index (χ0n) is 12.5. The van der Waals surface area contributed by atoms with E-state index in [-0.39, 0.29) is 18.4 Å². The molecule has 0 heterocycles. The topological polar surface area (TPSA) is 76.7 Å². The third-order valence-corrected chi connectivity index (χ3v) is 2.68. The van der Waals surface area contributed by atoms with E-state index in [1.807, 2.05) is 6.92 Å². The summed E-state index contributed by atoms with van der Waals surface area (Å²) in [6.07, 6.45) is 0.748. The standard InChI is InChI=1S/C15H22N2O4/c1-3-21-10-6-9-16-15(19)12-7-4-5-8-13(12)17-14(18)11-20-2/h4-5,7-8H,3,6,9-11H2,1-2H3,(H,16,19)(H,17,18). The summed E-state index contributed by atoms with van der Waals surface area (Å²) in [6.45, 7) is 3.69. The highest BCUT2D eigenvalue weighted by molar-refractivity contribution is 6.03. The molecule has 0 fully saturated rings. The number of anilines is 1. The summed E-state index contributed by atoms with van der Waals surface area (Å²) in [6, 6.07) is 6.86. The number of nitrogens with one attached hydrogen (secondary N) is 2. The fourth-order valence-electron chi connectivity index (χ4n) is 1.72. The summed E-state index contributed by atoms with van der Waals surface area (Å²) >= 11 is 0. The zero-order chi connectivity index (χ0) is 15.5. The van der Waals surface area contributed by atoms with Crippen LogP contribution in [0.4, 0.5) is 5.69 Å². The lowest BCUT2D eigenvalue weighted by atomic mass is 10.1. The molecule has 0 aromatic heterocycles. The first-order valence-electron chi connectivity index (χ1n) is 6.92. The molecule has 6 heteroatoms. The average Bonchev–Trinajstić information content (AvgIpc) is 2.47. The predicted molar refractivity (Wildman–Crippen MR) is 80.4 cm³/mol. The Hall–Kier alpha value is -1.92. The summed E-state index contributed by atoms with van der Waals surface area (Å²) in [7, 11) is 1.44. The minimum atomic E-state index is -0.297. The predicted octanol–water partition coefficient (Wildman–Crippen LogP) is 1.43. The van der Waals surface area contributed by atoms with E-state index in [4.69, 9.17) is 9.47 Å². The number of hydrogen-bond acceptors (Lipinski definition) is 4. The number of para-hydroxylation sites is 1. The van der Waals surface area contributed by atoms with Gasteiger partial charge < -0.3 is 20.1 Å². The first-order valence-corrected chi connectivity index (χ1v) is 6.92. The largest absolute Gasteiger partial charge is 0.382 e. The SMILES string of the molecule is CCOCCCNC(=O)c1ccccc1NC(=O)COC. The Labute approximate surface area is 124 Å². The normalized spacial score (nSPS) is 10.2. The van der Waals surface area contributed by atoms with Gasteiger partial charge in [0.15, 0.2) is 0 Å². The monoisotopic (exact) mass is 294 g/mol. The molecular weight excluding hydrogens is 272 g/mol. The third kappa shape index (κ3) is 6.37. The number of ether oxygens (including phenoxy) is 2. The summed E-state index contributed by atoms with van der Waals surface area (Å²) in [4.78, 5) is 23.6. The highest BCUT2D eigenvalue weighted by Crippen LogP contribution is 2.14. The van der Waals surface area contributed by atoms with E-state index in [2.05, 4.69) is 10.6 Å². The van der Waals surface area contributed by atoms with Crippen LogP contribution in [-0.2, 0) is 14.3 Å². The Morgan fingerprint density at radius 2 is 2.00 bits per heavy atom. The van der Waals surface area contributed by atoms with Crippen LogP contribution in [0.2, 0.25) is 0 Å². The van der Waals surface area contributed by atoms with E-state index in [9.17, 15) is 9.59 Å². The maximum atomic E-state index is 12.1. The van der Waals surface area contributed by atoms with E-state index in [1.165, 1.54) is 7.11 Å². The molecule has 0 saturated carbocycles. The zero-order valence-corrected chi connectivity index (χ0v) is 12.5. The molecule has 1 rings (SSSR count). The van der Waals surface area contributed by atoms with Crippen molar-refractivity contribution in [2.75, 3.05) is 38.8 Å². The second-order valence-electron chi connectivity index (χ2n) is 4.33. The molecular formula is C15H22N2O4. The van der Waals surface area contributed by atoms with E-state index in [0.717, 1.165) is 6.42 Å². The van der Waals surface area contributed by atoms with Gasteiger partial charge in [-0.2, -0.15) is 0 Å². The van der Waals surface area contributed by atoms with Gasteiger partial charge in [-0.25, -0.2) is 0 Å². The fourth-order valence-corrected chi connectivity index (χ4v) is 1.72. The number of benzene rings is 1. The van der Waals surface area contributed by atoms with Crippen molar-refractivity contribution in [2.24, 2.45) is 0 Å². The van der Waals surface area contributed by atoms with Crippen LogP contribution in [0.5, 0.6) is 0 Å². The van der Waals surface area contributed by atoms with Crippen LogP contribution in [-0.4, -0.2) is 45.3 Å². The molecule has 0 aliphatic heterocycles. The van der Waals surface area contributed by atoms with Gasteiger partial charge in [0, 0.05) is 26.9 Å². The van der Waals surface area contributed by atoms with Crippen molar-refractivity contribution in [2.45, 2.75) is 13.3 Å². The number of rotatable bonds is 9. The van der Waals surface area contributed by atoms with Crippen LogP contribution >= 0.6 is 0 Å². The Morgan fingerprint density at radius 1 is 1.24 bits per heavy atom. The van der Waals surface area contributed by atoms with Gasteiger partial charge in [-0.15, -0.1) is 0 Å². The van der Waals surface area contributed by atoms with Crippen molar-refractivity contribution in [3.63, 3.8) is 0 Å². The molecule has 1 aromatic carbocycles. The highest BCUT2D eigenvalue weighted by Gasteiger charge is 2.12. The van der Waals surface area contributed by atoms with Crippen molar-refractivity contribution in [1.82, 2.24) is 5.32 Å². The lowest BCUT2D eigenvalue weighted by Gasteiger charge is -2.11. The average molecular weight is 294 g/mol. The Kier molecular flexibility index (Phi) is 8.08. The van der Waals surface area contributed by atoms with Crippen molar-refractivity contribution in [3.05, 3.63) is 29.8 Å². The van der Waals surface area contributed by atoms with Crippen molar-refractivity contribution in [1.29, 1.82) is 0 Å². The lowest BCUT2D eigenvalue weighted by molar-refractivity contribution is -0.119. The molecule has 116 valence electrons. The van der Waals surface area contributed by atoms with Crippen LogP contribution in [0.15, 0.2) is 24.3 Å². The number of amides is 2. The number of carbonyl (C=O) groups is 2. The Bertz CT molecular complexity index is 463. The smallest absolute Gasteiger partial charge is 0.253 e. The molecule has 1 aromatic rings. The van der Waals surface area contributed by atoms with Crippen LogP contribution in [0.3, 0.4) is 0 Å². The number of carbonyl (C=O) groups excluding carboxylic acids is 2. The maximum Gasteiger partial charge on any atom is 0.253 e. The molecule has 0 atom stereocenters. The minimum absolute atomic E-state index is 0.0513. The summed E-state index contributed by atoms with van der Waals surface area (Å²) in [5.74, 6) is -0.520. The Balaban J connectivity index is 2.56. The summed E-state index contributed by atoms with van der Waals surface area (Å²) < 4.78 is 9.95. The summed E-state index contributed by atoms with van der Waals surface area (Å²) in [5, 5.41) is 5.46. The van der Waals surface area contributed by atoms with E-state index < -0.39 is 0 Å². The highest BCUT2D eigenvalue weighted by atomic mass is 16.5.